The van der Waals surface area contributed by atoms with Gasteiger partial charge in [-0.15, -0.1) is 0 Å². The predicted octanol–water partition coefficient (Wildman–Crippen LogP) is 9.65. The first kappa shape index (κ1) is 42.9. The van der Waals surface area contributed by atoms with Gasteiger partial charge in [0.2, 0.25) is 5.82 Å². The molecule has 1 aliphatic carbocycles. The Morgan fingerprint density at radius 3 is 1.71 bits per heavy atom. The molecule has 1 saturated carbocycles. The summed E-state index contributed by atoms with van der Waals surface area (Å²) in [4.78, 5) is 55.1. The highest BCUT2D eigenvalue weighted by Crippen LogP contribution is 2.31. The molecule has 11 nitrogen and oxygen atoms in total. The highest BCUT2D eigenvalue weighted by Gasteiger charge is 2.25. The van der Waals surface area contributed by atoms with Gasteiger partial charge in [-0.2, -0.15) is 4.39 Å². The maximum Gasteiger partial charge on any atom is 0.339 e. The van der Waals surface area contributed by atoms with E-state index in [1.54, 1.807) is 36.4 Å². The Kier molecular flexibility index (Phi) is 14.1. The minimum atomic E-state index is -1.45. The van der Waals surface area contributed by atoms with E-state index in [4.69, 9.17) is 16.4 Å². The van der Waals surface area contributed by atoms with E-state index in [0.29, 0.717) is 27.0 Å². The Balaban J connectivity index is 0.000000201. The number of nitrogens with zero attached hydrogens (tertiary/aromatic N) is 2. The maximum atomic E-state index is 14.7. The molecule has 0 unspecified atom stereocenters. The summed E-state index contributed by atoms with van der Waals surface area (Å²) in [5.74, 6) is -4.19. The Labute approximate surface area is 356 Å². The zero-order chi connectivity index (χ0) is 42.2. The van der Waals surface area contributed by atoms with Crippen molar-refractivity contribution >= 4 is 78.1 Å². The summed E-state index contributed by atoms with van der Waals surface area (Å²) >= 11 is 12.7. The molecule has 7 rings (SSSR count). The van der Waals surface area contributed by atoms with E-state index in [1.807, 2.05) is 30.3 Å². The molecule has 304 valence electrons. The van der Waals surface area contributed by atoms with Crippen molar-refractivity contribution in [3.05, 3.63) is 184 Å². The Hall–Kier alpha value is -5.68. The molecule has 17 heteroatoms. The van der Waals surface area contributed by atoms with Crippen LogP contribution in [0.4, 0.5) is 35.9 Å². The van der Waals surface area contributed by atoms with Gasteiger partial charge in [0.25, 0.3) is 17.0 Å². The normalized spacial score (nSPS) is 12.0. The summed E-state index contributed by atoms with van der Waals surface area (Å²) in [6, 6.07) is 26.4. The number of aromatic carboxylic acids is 1. The van der Waals surface area contributed by atoms with Crippen LogP contribution >= 0.6 is 43.5 Å². The van der Waals surface area contributed by atoms with E-state index in [9.17, 15) is 37.5 Å². The molecular formula is C42H33Br2ClF3N5O6. The quantitative estimate of drug-likeness (QED) is 0.0839. The lowest BCUT2D eigenvalue weighted by molar-refractivity contribution is 0.0270. The third kappa shape index (κ3) is 11.1. The number of carboxylic acid groups (broad SMARTS) is 1. The fourth-order valence-corrected chi connectivity index (χ4v) is 6.57. The fourth-order valence-electron chi connectivity index (χ4n) is 5.65. The van der Waals surface area contributed by atoms with Gasteiger partial charge in [0.05, 0.1) is 48.0 Å². The third-order valence-corrected chi connectivity index (χ3v) is 10.2. The number of carboxylic acids is 1. The van der Waals surface area contributed by atoms with E-state index < -0.39 is 51.7 Å². The van der Waals surface area contributed by atoms with Gasteiger partial charge in [0.1, 0.15) is 22.2 Å². The zero-order valence-corrected chi connectivity index (χ0v) is 34.6. The molecule has 1 amide bonds. The Bertz CT molecular complexity index is 2630. The summed E-state index contributed by atoms with van der Waals surface area (Å²) in [6.45, 7) is 0.632. The van der Waals surface area contributed by atoms with Crippen LogP contribution in [0.3, 0.4) is 0 Å². The number of benzene rings is 4. The molecule has 0 atom stereocenters. The standard InChI is InChI=1S/C23H20BrClFN3O3.C19H13BrF2N2O3/c24-16-8-9-19(18(26)10-16)27-21-17(22(30)28-32-13-15-6-7-15)12-29(23(31)20(21)25)11-14-4-2-1-3-5-14;20-12-6-7-15(14(21)8-12)23-17-13(19(26)27)10-24(18(25)16(17)22)9-11-4-2-1-3-5-11/h1-5,8-10,12,15,27H,6-7,11,13H2,(H,28,30);1-8,10,23H,9H2,(H,26,27). The average Bonchev–Trinajstić information content (AvgIpc) is 4.04. The van der Waals surface area contributed by atoms with Gasteiger partial charge in [-0.25, -0.2) is 19.1 Å². The molecule has 0 bridgehead atoms. The highest BCUT2D eigenvalue weighted by atomic mass is 79.9. The lowest BCUT2D eigenvalue weighted by Gasteiger charge is -2.17. The van der Waals surface area contributed by atoms with Gasteiger partial charge >= 0.3 is 5.97 Å². The molecule has 6 aromatic rings. The summed E-state index contributed by atoms with van der Waals surface area (Å²) in [7, 11) is 0. The van der Waals surface area contributed by atoms with Crippen molar-refractivity contribution in [2.45, 2.75) is 25.9 Å². The second kappa shape index (κ2) is 19.4. The van der Waals surface area contributed by atoms with E-state index in [-0.39, 0.29) is 40.7 Å². The van der Waals surface area contributed by atoms with E-state index in [0.717, 1.165) is 35.2 Å². The lowest BCUT2D eigenvalue weighted by Crippen LogP contribution is -2.30. The molecule has 1 aliphatic rings. The summed E-state index contributed by atoms with van der Waals surface area (Å²) in [5, 5.41) is 14.4. The van der Waals surface area contributed by atoms with Crippen molar-refractivity contribution in [1.29, 1.82) is 0 Å². The fraction of sp³-hybridized carbons (Fsp3) is 0.143. The van der Waals surface area contributed by atoms with Gasteiger partial charge in [-0.05, 0) is 66.3 Å². The number of carbonyl (C=O) groups is 2. The van der Waals surface area contributed by atoms with Crippen molar-refractivity contribution in [1.82, 2.24) is 14.6 Å². The molecule has 4 aromatic carbocycles. The number of hydrogen-bond donors (Lipinski definition) is 4. The minimum Gasteiger partial charge on any atom is -0.478 e. The largest absolute Gasteiger partial charge is 0.478 e. The monoisotopic (exact) mass is 953 g/mol. The van der Waals surface area contributed by atoms with Gasteiger partial charge in [0, 0.05) is 21.3 Å². The smallest absolute Gasteiger partial charge is 0.339 e. The SMILES string of the molecule is O=C(NOCC1CC1)c1cn(Cc2ccccc2)c(=O)c(Cl)c1Nc1ccc(Br)cc1F.O=C(O)c1cn(Cc2ccccc2)c(=O)c(F)c1Nc1ccc(Br)cc1F. The van der Waals surface area contributed by atoms with Gasteiger partial charge in [-0.3, -0.25) is 19.2 Å². The topological polar surface area (TPSA) is 144 Å². The molecule has 2 aromatic heterocycles. The molecular weight excluding hydrogens is 923 g/mol. The van der Waals surface area contributed by atoms with Crippen molar-refractivity contribution in [2.75, 3.05) is 17.2 Å². The molecule has 2 heterocycles. The molecule has 0 spiro atoms. The maximum absolute atomic E-state index is 14.7. The number of hydrogen-bond acceptors (Lipinski definition) is 7. The molecule has 0 aliphatic heterocycles. The highest BCUT2D eigenvalue weighted by molar-refractivity contribution is 9.10. The first-order chi connectivity index (χ1) is 28.3. The molecule has 1 fully saturated rings. The summed E-state index contributed by atoms with van der Waals surface area (Å²) in [5.41, 5.74) is 1.37. The van der Waals surface area contributed by atoms with Crippen LogP contribution in [0.25, 0.3) is 0 Å². The number of hydroxylamine groups is 1. The molecule has 59 heavy (non-hydrogen) atoms. The van der Waals surface area contributed by atoms with E-state index >= 15 is 0 Å². The van der Waals surface area contributed by atoms with Crippen LogP contribution in [-0.2, 0) is 17.9 Å². The number of amides is 1. The van der Waals surface area contributed by atoms with Crippen LogP contribution < -0.4 is 27.2 Å². The van der Waals surface area contributed by atoms with Crippen LogP contribution in [0.15, 0.2) is 128 Å². The first-order valence-corrected chi connectivity index (χ1v) is 19.8. The number of aromatic nitrogens is 2. The Morgan fingerprint density at radius 1 is 0.729 bits per heavy atom. The second-order valence-electron chi connectivity index (χ2n) is 13.3. The van der Waals surface area contributed by atoms with Crippen LogP contribution in [0, 0.1) is 23.4 Å². The van der Waals surface area contributed by atoms with Gasteiger partial charge in [0.15, 0.2) is 0 Å². The number of nitrogens with one attached hydrogen (secondary N) is 3. The minimum absolute atomic E-state index is 0.00377. The van der Waals surface area contributed by atoms with Crippen LogP contribution in [0.5, 0.6) is 0 Å². The van der Waals surface area contributed by atoms with Crippen LogP contribution in [-0.4, -0.2) is 32.7 Å². The van der Waals surface area contributed by atoms with Crippen molar-refractivity contribution in [3.8, 4) is 0 Å². The van der Waals surface area contributed by atoms with Crippen molar-refractivity contribution in [2.24, 2.45) is 5.92 Å². The number of rotatable bonds is 13. The number of pyridine rings is 2. The summed E-state index contributed by atoms with van der Waals surface area (Å²) in [6.07, 6.45) is 4.58. The average molecular weight is 956 g/mol. The predicted molar refractivity (Wildman–Crippen MR) is 225 cm³/mol. The molecule has 0 radical (unpaired) electrons. The number of anilines is 4. The van der Waals surface area contributed by atoms with E-state index in [1.165, 1.54) is 35.0 Å². The molecule has 4 N–H and O–H groups in total. The van der Waals surface area contributed by atoms with Gasteiger partial charge < -0.3 is 24.9 Å². The van der Waals surface area contributed by atoms with Crippen molar-refractivity contribution < 1.29 is 32.7 Å². The van der Waals surface area contributed by atoms with Gasteiger partial charge in [-0.1, -0.05) is 104 Å². The first-order valence-electron chi connectivity index (χ1n) is 17.8. The lowest BCUT2D eigenvalue weighted by atomic mass is 10.1. The number of carbonyl (C=O) groups excluding carboxylic acids is 1. The van der Waals surface area contributed by atoms with E-state index in [2.05, 4.69) is 48.0 Å². The third-order valence-electron chi connectivity index (χ3n) is 8.87. The van der Waals surface area contributed by atoms with Crippen molar-refractivity contribution in [3.63, 3.8) is 0 Å². The van der Waals surface area contributed by atoms with Crippen LogP contribution in [0.1, 0.15) is 44.7 Å². The number of halogens is 6. The zero-order valence-electron chi connectivity index (χ0n) is 30.7. The molecule has 0 saturated heterocycles. The summed E-state index contributed by atoms with van der Waals surface area (Å²) < 4.78 is 46.5. The Morgan fingerprint density at radius 2 is 1.22 bits per heavy atom. The second-order valence-corrected chi connectivity index (χ2v) is 15.5. The van der Waals surface area contributed by atoms with Crippen LogP contribution in [0.2, 0.25) is 5.02 Å².